The van der Waals surface area contributed by atoms with E-state index in [9.17, 15) is 4.79 Å². The van der Waals surface area contributed by atoms with Crippen molar-refractivity contribution < 1.29 is 4.79 Å². The molecule has 2 aromatic carbocycles. The van der Waals surface area contributed by atoms with Crippen molar-refractivity contribution in [3.05, 3.63) is 58.6 Å². The van der Waals surface area contributed by atoms with Crippen LogP contribution in [0, 0.1) is 0 Å². The lowest BCUT2D eigenvalue weighted by atomic mass is 10.1. The summed E-state index contributed by atoms with van der Waals surface area (Å²) in [6, 6.07) is 15.6. The van der Waals surface area contributed by atoms with Crippen molar-refractivity contribution in [3.8, 4) is 0 Å². The third-order valence-electron chi connectivity index (χ3n) is 3.33. The number of likely N-dealkylation sites (N-methyl/N-ethyl adjacent to an activating group) is 1. The van der Waals surface area contributed by atoms with Gasteiger partial charge in [0.15, 0.2) is 0 Å². The van der Waals surface area contributed by atoms with Crippen molar-refractivity contribution in [1.29, 1.82) is 0 Å². The van der Waals surface area contributed by atoms with E-state index in [4.69, 9.17) is 0 Å². The minimum atomic E-state index is -0.0133. The molecule has 2 N–H and O–H groups in total. The molecule has 0 bridgehead atoms. The van der Waals surface area contributed by atoms with Crippen LogP contribution in [0.25, 0.3) is 0 Å². The predicted octanol–water partition coefficient (Wildman–Crippen LogP) is 3.60. The number of nitrogens with zero attached hydrogens (tertiary/aromatic N) is 1. The highest BCUT2D eigenvalue weighted by Gasteiger charge is 2.04. The lowest BCUT2D eigenvalue weighted by Gasteiger charge is -2.12. The second-order valence-corrected chi connectivity index (χ2v) is 6.57. The molecule has 0 aliphatic rings. The van der Waals surface area contributed by atoms with Crippen LogP contribution in [0.1, 0.15) is 5.56 Å². The van der Waals surface area contributed by atoms with E-state index in [0.717, 1.165) is 34.5 Å². The lowest BCUT2D eigenvalue weighted by Crippen LogP contribution is -2.20. The van der Waals surface area contributed by atoms with Crippen molar-refractivity contribution in [3.63, 3.8) is 0 Å². The summed E-state index contributed by atoms with van der Waals surface area (Å²) in [5.74, 6) is -0.0133. The summed E-state index contributed by atoms with van der Waals surface area (Å²) in [7, 11) is 4.09. The number of carbonyl (C=O) groups is 1. The van der Waals surface area contributed by atoms with E-state index in [0.29, 0.717) is 6.42 Å². The molecular formula is C18H22BrN3O. The van der Waals surface area contributed by atoms with Gasteiger partial charge in [0.25, 0.3) is 0 Å². The van der Waals surface area contributed by atoms with Crippen LogP contribution in [-0.2, 0) is 11.2 Å². The zero-order valence-electron chi connectivity index (χ0n) is 13.5. The van der Waals surface area contributed by atoms with Crippen LogP contribution >= 0.6 is 15.9 Å². The normalized spacial score (nSPS) is 10.6. The molecule has 0 fully saturated rings. The van der Waals surface area contributed by atoms with E-state index in [1.54, 1.807) is 0 Å². The first-order valence-electron chi connectivity index (χ1n) is 7.56. The maximum atomic E-state index is 12.1. The minimum Gasteiger partial charge on any atom is -0.384 e. The molecule has 122 valence electrons. The number of carbonyl (C=O) groups excluding carboxylic acids is 1. The van der Waals surface area contributed by atoms with Gasteiger partial charge in [0.05, 0.1) is 6.42 Å². The summed E-state index contributed by atoms with van der Waals surface area (Å²) in [5, 5.41) is 6.26. The Morgan fingerprint density at radius 2 is 1.61 bits per heavy atom. The minimum absolute atomic E-state index is 0.0133. The van der Waals surface area contributed by atoms with Gasteiger partial charge in [-0.3, -0.25) is 4.79 Å². The van der Waals surface area contributed by atoms with Gasteiger partial charge in [-0.25, -0.2) is 0 Å². The van der Waals surface area contributed by atoms with E-state index >= 15 is 0 Å². The van der Waals surface area contributed by atoms with Crippen LogP contribution < -0.4 is 10.6 Å². The summed E-state index contributed by atoms with van der Waals surface area (Å²) in [4.78, 5) is 14.2. The molecule has 5 heteroatoms. The Labute approximate surface area is 146 Å². The number of nitrogens with one attached hydrogen (secondary N) is 2. The topological polar surface area (TPSA) is 44.4 Å². The van der Waals surface area contributed by atoms with Gasteiger partial charge in [0, 0.05) is 28.9 Å². The third kappa shape index (κ3) is 6.42. The first kappa shape index (κ1) is 17.5. The van der Waals surface area contributed by atoms with Gasteiger partial charge >= 0.3 is 0 Å². The zero-order valence-corrected chi connectivity index (χ0v) is 15.1. The molecule has 1 amide bonds. The highest BCUT2D eigenvalue weighted by Crippen LogP contribution is 2.15. The van der Waals surface area contributed by atoms with Crippen LogP contribution in [0.4, 0.5) is 11.4 Å². The average Bonchev–Trinajstić information content (AvgIpc) is 2.51. The molecule has 0 aliphatic carbocycles. The van der Waals surface area contributed by atoms with Crippen molar-refractivity contribution in [2.45, 2.75) is 6.42 Å². The van der Waals surface area contributed by atoms with Gasteiger partial charge in [-0.2, -0.15) is 0 Å². The quantitative estimate of drug-likeness (QED) is 0.776. The molecule has 4 nitrogen and oxygen atoms in total. The molecule has 0 saturated heterocycles. The van der Waals surface area contributed by atoms with Gasteiger partial charge in [-0.1, -0.05) is 28.1 Å². The second kappa shape index (κ2) is 8.70. The van der Waals surface area contributed by atoms with Gasteiger partial charge in [-0.15, -0.1) is 0 Å². The Balaban J connectivity index is 1.82. The monoisotopic (exact) mass is 375 g/mol. The van der Waals surface area contributed by atoms with E-state index < -0.39 is 0 Å². The number of amides is 1. The summed E-state index contributed by atoms with van der Waals surface area (Å²) in [5.41, 5.74) is 2.86. The van der Waals surface area contributed by atoms with Gasteiger partial charge in [0.1, 0.15) is 0 Å². The highest BCUT2D eigenvalue weighted by molar-refractivity contribution is 9.10. The van der Waals surface area contributed by atoms with Crippen LogP contribution in [-0.4, -0.2) is 38.0 Å². The van der Waals surface area contributed by atoms with Crippen molar-refractivity contribution in [1.82, 2.24) is 4.90 Å². The number of rotatable bonds is 7. The van der Waals surface area contributed by atoms with Gasteiger partial charge in [-0.05, 0) is 56.1 Å². The number of benzene rings is 2. The second-order valence-electron chi connectivity index (χ2n) is 5.66. The van der Waals surface area contributed by atoms with Crippen LogP contribution in [0.2, 0.25) is 0 Å². The largest absolute Gasteiger partial charge is 0.384 e. The summed E-state index contributed by atoms with van der Waals surface area (Å²) in [6.07, 6.45) is 0.371. The standard InChI is InChI=1S/C18H22BrN3O/c1-22(2)12-11-20-16-7-9-17(10-8-16)21-18(23)13-14-3-5-15(19)6-4-14/h3-10,20H,11-13H2,1-2H3,(H,21,23). The molecule has 0 aliphatic heterocycles. The van der Waals surface area contributed by atoms with E-state index in [2.05, 4.69) is 31.5 Å². The maximum absolute atomic E-state index is 12.1. The molecule has 0 spiro atoms. The SMILES string of the molecule is CN(C)CCNc1ccc(NC(=O)Cc2ccc(Br)cc2)cc1. The van der Waals surface area contributed by atoms with E-state index in [-0.39, 0.29) is 5.91 Å². The molecule has 2 rings (SSSR count). The van der Waals surface area contributed by atoms with E-state index in [1.807, 2.05) is 62.6 Å². The van der Waals surface area contributed by atoms with Crippen LogP contribution in [0.5, 0.6) is 0 Å². The van der Waals surface area contributed by atoms with Crippen molar-refractivity contribution in [2.24, 2.45) is 0 Å². The fourth-order valence-electron chi connectivity index (χ4n) is 2.09. The Kier molecular flexibility index (Phi) is 6.62. The smallest absolute Gasteiger partial charge is 0.228 e. The molecule has 0 unspecified atom stereocenters. The first-order chi connectivity index (χ1) is 11.0. The van der Waals surface area contributed by atoms with Gasteiger partial charge < -0.3 is 15.5 Å². The fourth-order valence-corrected chi connectivity index (χ4v) is 2.35. The Hall–Kier alpha value is -1.85. The summed E-state index contributed by atoms with van der Waals surface area (Å²) in [6.45, 7) is 1.87. The summed E-state index contributed by atoms with van der Waals surface area (Å²) < 4.78 is 1.01. The van der Waals surface area contributed by atoms with Crippen molar-refractivity contribution in [2.75, 3.05) is 37.8 Å². The first-order valence-corrected chi connectivity index (χ1v) is 8.35. The Bertz CT molecular complexity index is 624. The molecule has 2 aromatic rings. The van der Waals surface area contributed by atoms with E-state index in [1.165, 1.54) is 0 Å². The zero-order chi connectivity index (χ0) is 16.7. The number of hydrogen-bond acceptors (Lipinski definition) is 3. The van der Waals surface area contributed by atoms with Crippen molar-refractivity contribution >= 4 is 33.2 Å². The maximum Gasteiger partial charge on any atom is 0.228 e. The molecule has 0 saturated carbocycles. The summed E-state index contributed by atoms with van der Waals surface area (Å²) >= 11 is 3.39. The molecule has 0 radical (unpaired) electrons. The lowest BCUT2D eigenvalue weighted by molar-refractivity contribution is -0.115. The average molecular weight is 376 g/mol. The molecule has 0 aromatic heterocycles. The highest BCUT2D eigenvalue weighted by atomic mass is 79.9. The van der Waals surface area contributed by atoms with Crippen LogP contribution in [0.3, 0.4) is 0 Å². The number of anilines is 2. The predicted molar refractivity (Wildman–Crippen MR) is 100.0 cm³/mol. The third-order valence-corrected chi connectivity index (χ3v) is 3.86. The van der Waals surface area contributed by atoms with Gasteiger partial charge in [0.2, 0.25) is 5.91 Å². The number of hydrogen-bond donors (Lipinski definition) is 2. The fraction of sp³-hybridized carbons (Fsp3) is 0.278. The molecule has 0 heterocycles. The Morgan fingerprint density at radius 3 is 2.22 bits per heavy atom. The molecular weight excluding hydrogens is 354 g/mol. The molecule has 0 atom stereocenters. The molecule has 23 heavy (non-hydrogen) atoms. The van der Waals surface area contributed by atoms with Crippen LogP contribution in [0.15, 0.2) is 53.0 Å². The number of halogens is 1. The Morgan fingerprint density at radius 1 is 1.00 bits per heavy atom.